The second kappa shape index (κ2) is 9.92. The molecular formula is C15H22ClFN2O2S. The highest BCUT2D eigenvalue weighted by Crippen LogP contribution is 2.26. The van der Waals surface area contributed by atoms with Crippen LogP contribution in [0.5, 0.6) is 5.75 Å². The summed E-state index contributed by atoms with van der Waals surface area (Å²) < 4.78 is 18.8. The third kappa shape index (κ3) is 6.02. The van der Waals surface area contributed by atoms with E-state index in [1.807, 2.05) is 18.7 Å². The Balaban J connectivity index is 0.00000242. The first kappa shape index (κ1) is 19.1. The SMILES string of the molecule is CCCOc1cc(F)ccc1NC(=O)CC1CSCCN1.Cl. The average Bonchev–Trinajstić information content (AvgIpc) is 2.48. The van der Waals surface area contributed by atoms with E-state index in [4.69, 9.17) is 4.74 Å². The first-order valence-electron chi connectivity index (χ1n) is 7.22. The minimum Gasteiger partial charge on any atom is -0.491 e. The van der Waals surface area contributed by atoms with Crippen molar-refractivity contribution in [1.82, 2.24) is 5.32 Å². The van der Waals surface area contributed by atoms with Gasteiger partial charge in [0.25, 0.3) is 0 Å². The minimum absolute atomic E-state index is 0. The summed E-state index contributed by atoms with van der Waals surface area (Å²) in [6.07, 6.45) is 1.24. The molecule has 2 N–H and O–H groups in total. The summed E-state index contributed by atoms with van der Waals surface area (Å²) >= 11 is 1.85. The molecule has 1 aliphatic heterocycles. The van der Waals surface area contributed by atoms with Crippen molar-refractivity contribution in [2.45, 2.75) is 25.8 Å². The van der Waals surface area contributed by atoms with Gasteiger partial charge in [0, 0.05) is 36.6 Å². The van der Waals surface area contributed by atoms with Crippen molar-refractivity contribution in [3.05, 3.63) is 24.0 Å². The molecule has 1 amide bonds. The molecule has 1 fully saturated rings. The van der Waals surface area contributed by atoms with Gasteiger partial charge in [-0.2, -0.15) is 11.8 Å². The Kier molecular flexibility index (Phi) is 8.60. The summed E-state index contributed by atoms with van der Waals surface area (Å²) in [5.74, 6) is 1.96. The summed E-state index contributed by atoms with van der Waals surface area (Å²) in [4.78, 5) is 12.1. The molecular weight excluding hydrogens is 327 g/mol. The van der Waals surface area contributed by atoms with E-state index in [0.29, 0.717) is 24.5 Å². The molecule has 0 saturated carbocycles. The second-order valence-electron chi connectivity index (χ2n) is 4.97. The number of amides is 1. The normalized spacial score (nSPS) is 17.5. The summed E-state index contributed by atoms with van der Waals surface area (Å²) in [5.41, 5.74) is 0.526. The van der Waals surface area contributed by atoms with Gasteiger partial charge in [0.05, 0.1) is 12.3 Å². The lowest BCUT2D eigenvalue weighted by molar-refractivity contribution is -0.116. The van der Waals surface area contributed by atoms with Crippen LogP contribution in [0.25, 0.3) is 0 Å². The van der Waals surface area contributed by atoms with E-state index < -0.39 is 0 Å². The molecule has 4 nitrogen and oxygen atoms in total. The van der Waals surface area contributed by atoms with Crippen molar-refractivity contribution in [1.29, 1.82) is 0 Å². The van der Waals surface area contributed by atoms with Crippen LogP contribution in [0.1, 0.15) is 19.8 Å². The molecule has 22 heavy (non-hydrogen) atoms. The van der Waals surface area contributed by atoms with Crippen molar-refractivity contribution in [3.63, 3.8) is 0 Å². The highest BCUT2D eigenvalue weighted by Gasteiger charge is 2.17. The van der Waals surface area contributed by atoms with Crippen LogP contribution in [-0.4, -0.2) is 36.6 Å². The van der Waals surface area contributed by atoms with Gasteiger partial charge in [-0.1, -0.05) is 6.92 Å². The van der Waals surface area contributed by atoms with Crippen LogP contribution in [0, 0.1) is 5.82 Å². The summed E-state index contributed by atoms with van der Waals surface area (Å²) in [5, 5.41) is 6.13. The van der Waals surface area contributed by atoms with E-state index in [1.165, 1.54) is 12.1 Å². The maximum atomic E-state index is 13.3. The molecule has 1 heterocycles. The number of nitrogens with one attached hydrogen (secondary N) is 2. The molecule has 1 saturated heterocycles. The summed E-state index contributed by atoms with van der Waals surface area (Å²) in [7, 11) is 0. The molecule has 1 aliphatic rings. The molecule has 7 heteroatoms. The lowest BCUT2D eigenvalue weighted by atomic mass is 10.2. The third-order valence-electron chi connectivity index (χ3n) is 3.11. The first-order valence-corrected chi connectivity index (χ1v) is 8.38. The zero-order valence-corrected chi connectivity index (χ0v) is 14.2. The van der Waals surface area contributed by atoms with Crippen LogP contribution in [0.3, 0.4) is 0 Å². The molecule has 0 aliphatic carbocycles. The van der Waals surface area contributed by atoms with Crippen molar-refractivity contribution in [3.8, 4) is 5.75 Å². The van der Waals surface area contributed by atoms with Crippen LogP contribution in [0.15, 0.2) is 18.2 Å². The number of hydrogen-bond donors (Lipinski definition) is 2. The number of halogens is 2. The summed E-state index contributed by atoms with van der Waals surface area (Å²) in [6.45, 7) is 3.40. The Morgan fingerprint density at radius 3 is 3.05 bits per heavy atom. The second-order valence-corrected chi connectivity index (χ2v) is 6.12. The number of anilines is 1. The maximum Gasteiger partial charge on any atom is 0.226 e. The number of hydrogen-bond acceptors (Lipinski definition) is 4. The zero-order valence-electron chi connectivity index (χ0n) is 12.6. The largest absolute Gasteiger partial charge is 0.491 e. The van der Waals surface area contributed by atoms with Gasteiger partial charge < -0.3 is 15.4 Å². The molecule has 124 valence electrons. The Morgan fingerprint density at radius 1 is 1.55 bits per heavy atom. The number of carbonyl (C=O) groups is 1. The fourth-order valence-electron chi connectivity index (χ4n) is 2.11. The molecule has 1 atom stereocenters. The number of ether oxygens (including phenoxy) is 1. The lowest BCUT2D eigenvalue weighted by Crippen LogP contribution is -2.39. The number of carbonyl (C=O) groups excluding carboxylic acids is 1. The molecule has 1 aromatic carbocycles. The predicted molar refractivity (Wildman–Crippen MR) is 91.8 cm³/mol. The van der Waals surface area contributed by atoms with E-state index in [0.717, 1.165) is 24.5 Å². The molecule has 1 unspecified atom stereocenters. The van der Waals surface area contributed by atoms with Crippen molar-refractivity contribution >= 4 is 35.8 Å². The highest BCUT2D eigenvalue weighted by atomic mass is 35.5. The fourth-order valence-corrected chi connectivity index (χ4v) is 3.06. The van der Waals surface area contributed by atoms with E-state index in [-0.39, 0.29) is 30.2 Å². The lowest BCUT2D eigenvalue weighted by Gasteiger charge is -2.22. The van der Waals surface area contributed by atoms with Crippen LogP contribution < -0.4 is 15.4 Å². The standard InChI is InChI=1S/C15H21FN2O2S.ClH/c1-2-6-20-14-8-11(16)3-4-13(14)18-15(19)9-12-10-21-7-5-17-12;/h3-4,8,12,17H,2,5-7,9-10H2,1H3,(H,18,19);1H. The highest BCUT2D eigenvalue weighted by molar-refractivity contribution is 7.99. The molecule has 2 rings (SSSR count). The number of benzene rings is 1. The Bertz CT molecular complexity index is 485. The molecule has 1 aromatic rings. The van der Waals surface area contributed by atoms with E-state index in [2.05, 4.69) is 10.6 Å². The quantitative estimate of drug-likeness (QED) is 0.829. The molecule has 0 aromatic heterocycles. The van der Waals surface area contributed by atoms with Gasteiger partial charge in [0.1, 0.15) is 11.6 Å². The Morgan fingerprint density at radius 2 is 2.36 bits per heavy atom. The zero-order chi connectivity index (χ0) is 15.1. The Hall–Kier alpha value is -0.980. The Labute approximate surface area is 141 Å². The van der Waals surface area contributed by atoms with E-state index in [9.17, 15) is 9.18 Å². The van der Waals surface area contributed by atoms with Gasteiger partial charge >= 0.3 is 0 Å². The van der Waals surface area contributed by atoms with Crippen LogP contribution in [-0.2, 0) is 4.79 Å². The van der Waals surface area contributed by atoms with Gasteiger partial charge in [-0.25, -0.2) is 4.39 Å². The van der Waals surface area contributed by atoms with Gasteiger partial charge in [0.2, 0.25) is 5.91 Å². The average molecular weight is 349 g/mol. The monoisotopic (exact) mass is 348 g/mol. The maximum absolute atomic E-state index is 13.3. The number of rotatable bonds is 6. The van der Waals surface area contributed by atoms with Crippen molar-refractivity contribution in [2.75, 3.05) is 30.0 Å². The molecule has 0 spiro atoms. The summed E-state index contributed by atoms with van der Waals surface area (Å²) in [6, 6.07) is 4.37. The molecule has 0 radical (unpaired) electrons. The van der Waals surface area contributed by atoms with Gasteiger partial charge in [-0.15, -0.1) is 12.4 Å². The smallest absolute Gasteiger partial charge is 0.226 e. The first-order chi connectivity index (χ1) is 10.2. The van der Waals surface area contributed by atoms with Crippen molar-refractivity contribution in [2.24, 2.45) is 0 Å². The van der Waals surface area contributed by atoms with E-state index >= 15 is 0 Å². The van der Waals surface area contributed by atoms with Crippen LogP contribution in [0.2, 0.25) is 0 Å². The van der Waals surface area contributed by atoms with Crippen molar-refractivity contribution < 1.29 is 13.9 Å². The van der Waals surface area contributed by atoms with Gasteiger partial charge in [0.15, 0.2) is 0 Å². The minimum atomic E-state index is -0.371. The van der Waals surface area contributed by atoms with Gasteiger partial charge in [-0.05, 0) is 18.6 Å². The topological polar surface area (TPSA) is 50.4 Å². The predicted octanol–water partition coefficient (Wildman–Crippen LogP) is 3.07. The third-order valence-corrected chi connectivity index (χ3v) is 4.24. The number of thioether (sulfide) groups is 1. The fraction of sp³-hybridized carbons (Fsp3) is 0.533. The molecule has 0 bridgehead atoms. The van der Waals surface area contributed by atoms with Gasteiger partial charge in [-0.3, -0.25) is 4.79 Å². The van der Waals surface area contributed by atoms with Crippen LogP contribution in [0.4, 0.5) is 10.1 Å². The van der Waals surface area contributed by atoms with Crippen LogP contribution >= 0.6 is 24.2 Å². The van der Waals surface area contributed by atoms with E-state index in [1.54, 1.807) is 6.07 Å².